The summed E-state index contributed by atoms with van der Waals surface area (Å²) >= 11 is 0. The van der Waals surface area contributed by atoms with Crippen LogP contribution in [0.4, 0.5) is 22.0 Å². The zero-order valence-corrected chi connectivity index (χ0v) is 7.89. The van der Waals surface area contributed by atoms with Gasteiger partial charge in [-0.25, -0.2) is 8.78 Å². The number of halogens is 5. The molecule has 0 aliphatic heterocycles. The molecule has 0 aliphatic rings. The van der Waals surface area contributed by atoms with Gasteiger partial charge in [-0.2, -0.15) is 13.2 Å². The lowest BCUT2D eigenvalue weighted by atomic mass is 10.3. The highest BCUT2D eigenvalue weighted by atomic mass is 19.4. The highest BCUT2D eigenvalue weighted by Crippen LogP contribution is 2.28. The summed E-state index contributed by atoms with van der Waals surface area (Å²) in [6.07, 6.45) is -7.21. The van der Waals surface area contributed by atoms with Crippen molar-refractivity contribution in [2.24, 2.45) is 5.73 Å². The van der Waals surface area contributed by atoms with Gasteiger partial charge in [0, 0.05) is 6.54 Å². The Hall–Kier alpha value is -1.37. The van der Waals surface area contributed by atoms with Gasteiger partial charge in [-0.1, -0.05) is 6.07 Å². The van der Waals surface area contributed by atoms with Crippen LogP contribution in [0.25, 0.3) is 0 Å². The van der Waals surface area contributed by atoms with Crippen LogP contribution in [0.5, 0.6) is 5.75 Å². The Bertz CT molecular complexity index is 345. The summed E-state index contributed by atoms with van der Waals surface area (Å²) < 4.78 is 66.8. The average molecular weight is 241 g/mol. The molecule has 90 valence electrons. The van der Waals surface area contributed by atoms with E-state index in [1.165, 1.54) is 0 Å². The van der Waals surface area contributed by atoms with E-state index in [0.29, 0.717) is 0 Å². The van der Waals surface area contributed by atoms with Crippen molar-refractivity contribution < 1.29 is 26.7 Å². The van der Waals surface area contributed by atoms with Crippen LogP contribution in [0.15, 0.2) is 18.2 Å². The Kier molecular flexibility index (Phi) is 3.69. The van der Waals surface area contributed by atoms with E-state index < -0.39 is 36.2 Å². The zero-order valence-electron chi connectivity index (χ0n) is 7.89. The highest BCUT2D eigenvalue weighted by molar-refractivity contribution is 5.26. The molecular weight excluding hydrogens is 233 g/mol. The predicted molar refractivity (Wildman–Crippen MR) is 45.9 cm³/mol. The second-order valence-corrected chi connectivity index (χ2v) is 2.93. The van der Waals surface area contributed by atoms with Crippen molar-refractivity contribution in [3.63, 3.8) is 0 Å². The Labute approximate surface area is 87.8 Å². The van der Waals surface area contributed by atoms with Crippen molar-refractivity contribution in [2.75, 3.05) is 6.54 Å². The number of nitrogens with two attached hydrogens (primary N) is 1. The van der Waals surface area contributed by atoms with Crippen molar-refractivity contribution in [1.29, 1.82) is 0 Å². The van der Waals surface area contributed by atoms with Crippen molar-refractivity contribution in [1.82, 2.24) is 0 Å². The Morgan fingerprint density at radius 1 is 1.19 bits per heavy atom. The minimum absolute atomic E-state index is 0.794. The molecule has 0 amide bonds. The summed E-state index contributed by atoms with van der Waals surface area (Å²) in [7, 11) is 0. The molecule has 0 aromatic heterocycles. The summed E-state index contributed by atoms with van der Waals surface area (Å²) in [5, 5.41) is 0. The third-order valence-corrected chi connectivity index (χ3v) is 1.76. The predicted octanol–water partition coefficient (Wildman–Crippen LogP) is 2.23. The molecule has 0 bridgehead atoms. The van der Waals surface area contributed by atoms with Gasteiger partial charge in [0.15, 0.2) is 17.4 Å². The molecule has 2 N–H and O–H groups in total. The molecule has 0 radical (unpaired) electrons. The van der Waals surface area contributed by atoms with Crippen molar-refractivity contribution >= 4 is 0 Å². The summed E-state index contributed by atoms with van der Waals surface area (Å²) in [6.45, 7) is -0.919. The summed E-state index contributed by atoms with van der Waals surface area (Å²) in [5.74, 6) is -3.49. The van der Waals surface area contributed by atoms with Gasteiger partial charge in [-0.15, -0.1) is 0 Å². The lowest BCUT2D eigenvalue weighted by Crippen LogP contribution is -2.41. The quantitative estimate of drug-likeness (QED) is 0.823. The zero-order chi connectivity index (χ0) is 12.3. The number of alkyl halides is 3. The second-order valence-electron chi connectivity index (χ2n) is 2.93. The molecular formula is C9H8F5NO. The normalized spacial score (nSPS) is 13.6. The van der Waals surface area contributed by atoms with Gasteiger partial charge in [0.25, 0.3) is 0 Å². The van der Waals surface area contributed by atoms with E-state index in [1.807, 2.05) is 0 Å². The molecule has 0 saturated heterocycles. The number of benzene rings is 1. The molecule has 0 aliphatic carbocycles. The maximum absolute atomic E-state index is 13.0. The summed E-state index contributed by atoms with van der Waals surface area (Å²) in [6, 6.07) is 2.60. The van der Waals surface area contributed by atoms with Gasteiger partial charge in [-0.3, -0.25) is 0 Å². The Morgan fingerprint density at radius 3 is 2.06 bits per heavy atom. The first-order chi connectivity index (χ1) is 7.36. The number of ether oxygens (including phenoxy) is 1. The first kappa shape index (κ1) is 12.7. The van der Waals surface area contributed by atoms with E-state index in [1.54, 1.807) is 0 Å². The fourth-order valence-electron chi connectivity index (χ4n) is 0.986. The number of hydrogen-bond acceptors (Lipinski definition) is 2. The number of para-hydroxylation sites is 1. The standard InChI is InChI=1S/C9H8F5NO/c10-5-2-1-3-6(11)8(5)16-7(4-15)9(12,13)14/h1-3,7H,4,15H2. The van der Waals surface area contributed by atoms with E-state index in [9.17, 15) is 22.0 Å². The summed E-state index contributed by atoms with van der Waals surface area (Å²) in [4.78, 5) is 0. The van der Waals surface area contributed by atoms with Crippen LogP contribution in [0.2, 0.25) is 0 Å². The van der Waals surface area contributed by atoms with Crippen LogP contribution in [-0.2, 0) is 0 Å². The Morgan fingerprint density at radius 2 is 1.69 bits per heavy atom. The second kappa shape index (κ2) is 4.65. The van der Waals surface area contributed by atoms with Gasteiger partial charge in [-0.05, 0) is 12.1 Å². The van der Waals surface area contributed by atoms with E-state index in [-0.39, 0.29) is 0 Å². The van der Waals surface area contributed by atoms with Gasteiger partial charge >= 0.3 is 6.18 Å². The molecule has 1 aromatic rings. The van der Waals surface area contributed by atoms with Gasteiger partial charge in [0.2, 0.25) is 6.10 Å². The van der Waals surface area contributed by atoms with E-state index in [0.717, 1.165) is 18.2 Å². The van der Waals surface area contributed by atoms with Gasteiger partial charge < -0.3 is 10.5 Å². The van der Waals surface area contributed by atoms with E-state index in [2.05, 4.69) is 4.74 Å². The molecule has 0 spiro atoms. The van der Waals surface area contributed by atoms with Gasteiger partial charge in [0.1, 0.15) is 0 Å². The molecule has 16 heavy (non-hydrogen) atoms. The molecule has 0 fully saturated rings. The maximum Gasteiger partial charge on any atom is 0.426 e. The number of hydrogen-bond donors (Lipinski definition) is 1. The molecule has 1 unspecified atom stereocenters. The smallest absolute Gasteiger partial charge is 0.426 e. The monoisotopic (exact) mass is 241 g/mol. The highest BCUT2D eigenvalue weighted by Gasteiger charge is 2.41. The maximum atomic E-state index is 13.0. The first-order valence-corrected chi connectivity index (χ1v) is 4.23. The third-order valence-electron chi connectivity index (χ3n) is 1.76. The van der Waals surface area contributed by atoms with Gasteiger partial charge in [0.05, 0.1) is 0 Å². The van der Waals surface area contributed by atoms with Crippen molar-refractivity contribution in [3.8, 4) is 5.75 Å². The molecule has 0 heterocycles. The lowest BCUT2D eigenvalue weighted by molar-refractivity contribution is -0.192. The molecule has 1 rings (SSSR count). The van der Waals surface area contributed by atoms with Crippen LogP contribution in [0.1, 0.15) is 0 Å². The van der Waals surface area contributed by atoms with Crippen LogP contribution >= 0.6 is 0 Å². The fourth-order valence-corrected chi connectivity index (χ4v) is 0.986. The van der Waals surface area contributed by atoms with Crippen molar-refractivity contribution in [3.05, 3.63) is 29.8 Å². The van der Waals surface area contributed by atoms with Crippen LogP contribution in [-0.4, -0.2) is 18.8 Å². The van der Waals surface area contributed by atoms with E-state index >= 15 is 0 Å². The SMILES string of the molecule is NCC(Oc1c(F)cccc1F)C(F)(F)F. The molecule has 1 aromatic carbocycles. The first-order valence-electron chi connectivity index (χ1n) is 4.23. The van der Waals surface area contributed by atoms with E-state index in [4.69, 9.17) is 5.73 Å². The lowest BCUT2D eigenvalue weighted by Gasteiger charge is -2.20. The topological polar surface area (TPSA) is 35.2 Å². The minimum atomic E-state index is -4.77. The summed E-state index contributed by atoms with van der Waals surface area (Å²) in [5.41, 5.74) is 4.82. The van der Waals surface area contributed by atoms with Crippen LogP contribution in [0.3, 0.4) is 0 Å². The Balaban J connectivity index is 2.95. The fraction of sp³-hybridized carbons (Fsp3) is 0.333. The number of rotatable bonds is 3. The minimum Gasteiger partial charge on any atom is -0.473 e. The molecule has 7 heteroatoms. The molecule has 1 atom stereocenters. The van der Waals surface area contributed by atoms with Crippen LogP contribution in [0, 0.1) is 11.6 Å². The van der Waals surface area contributed by atoms with Crippen molar-refractivity contribution in [2.45, 2.75) is 12.3 Å². The largest absolute Gasteiger partial charge is 0.473 e. The average Bonchev–Trinajstić information content (AvgIpc) is 2.15. The third kappa shape index (κ3) is 2.82. The molecule has 0 saturated carbocycles. The van der Waals surface area contributed by atoms with Crippen LogP contribution < -0.4 is 10.5 Å². The molecule has 2 nitrogen and oxygen atoms in total.